The van der Waals surface area contributed by atoms with Gasteiger partial charge in [0.15, 0.2) is 0 Å². The molecule has 0 fully saturated rings. The molecule has 0 radical (unpaired) electrons. The quantitative estimate of drug-likeness (QED) is 0.933. The van der Waals surface area contributed by atoms with Crippen molar-refractivity contribution in [3.8, 4) is 5.75 Å². The first-order valence-corrected chi connectivity index (χ1v) is 5.38. The highest BCUT2D eigenvalue weighted by molar-refractivity contribution is 5.43. The molecule has 1 unspecified atom stereocenters. The summed E-state index contributed by atoms with van der Waals surface area (Å²) in [5.74, 6) is -0.678. The maximum atomic E-state index is 13.3. The van der Waals surface area contributed by atoms with Gasteiger partial charge in [0.1, 0.15) is 11.5 Å². The zero-order chi connectivity index (χ0) is 14.1. The van der Waals surface area contributed by atoms with Gasteiger partial charge in [-0.2, -0.15) is 13.2 Å². The van der Waals surface area contributed by atoms with Crippen LogP contribution in [0.3, 0.4) is 0 Å². The molecule has 0 bridgehead atoms. The number of methoxy groups -OCH3 is 1. The van der Waals surface area contributed by atoms with Crippen molar-refractivity contribution < 1.29 is 27.4 Å². The first-order chi connectivity index (χ1) is 8.91. The van der Waals surface area contributed by atoms with E-state index in [1.165, 1.54) is 31.4 Å². The largest absolute Gasteiger partial charge is 0.496 e. The molecule has 1 aromatic heterocycles. The molecule has 1 heterocycles. The Morgan fingerprint density at radius 1 is 1.11 bits per heavy atom. The van der Waals surface area contributed by atoms with Crippen LogP contribution in [0, 0.1) is 0 Å². The fraction of sp³-hybridized carbons (Fsp3) is 0.231. The Morgan fingerprint density at radius 2 is 1.79 bits per heavy atom. The van der Waals surface area contributed by atoms with E-state index < -0.39 is 23.1 Å². The van der Waals surface area contributed by atoms with Crippen molar-refractivity contribution in [3.05, 3.63) is 54.0 Å². The Kier molecular flexibility index (Phi) is 3.28. The Morgan fingerprint density at radius 3 is 2.32 bits per heavy atom. The van der Waals surface area contributed by atoms with Crippen LogP contribution >= 0.6 is 0 Å². The van der Waals surface area contributed by atoms with E-state index in [1.807, 2.05) is 0 Å². The van der Waals surface area contributed by atoms with Gasteiger partial charge in [0.25, 0.3) is 0 Å². The smallest absolute Gasteiger partial charge is 0.429 e. The normalized spacial score (nSPS) is 15.0. The van der Waals surface area contributed by atoms with E-state index >= 15 is 0 Å². The van der Waals surface area contributed by atoms with Gasteiger partial charge >= 0.3 is 6.18 Å². The lowest BCUT2D eigenvalue weighted by Gasteiger charge is -2.30. The molecular weight excluding hydrogens is 261 g/mol. The standard InChI is InChI=1S/C13H11F3O3/c1-18-10-6-3-2-5-9(10)12(17,13(14,15)16)11-7-4-8-19-11/h2-8,17H,1H3. The minimum atomic E-state index is -4.94. The van der Waals surface area contributed by atoms with Gasteiger partial charge in [0.2, 0.25) is 5.60 Å². The molecule has 0 aliphatic carbocycles. The van der Waals surface area contributed by atoms with Gasteiger partial charge in [-0.3, -0.25) is 0 Å². The van der Waals surface area contributed by atoms with Crippen LogP contribution in [0.1, 0.15) is 11.3 Å². The molecule has 0 saturated carbocycles. The van der Waals surface area contributed by atoms with E-state index in [-0.39, 0.29) is 5.75 Å². The van der Waals surface area contributed by atoms with Crippen molar-refractivity contribution in [1.82, 2.24) is 0 Å². The Hall–Kier alpha value is -1.95. The molecule has 6 heteroatoms. The number of aliphatic hydroxyl groups is 1. The number of para-hydroxylation sites is 1. The van der Waals surface area contributed by atoms with E-state index in [0.29, 0.717) is 0 Å². The summed E-state index contributed by atoms with van der Waals surface area (Å²) in [4.78, 5) is 0. The number of benzene rings is 1. The average Bonchev–Trinajstić information content (AvgIpc) is 2.90. The highest BCUT2D eigenvalue weighted by atomic mass is 19.4. The molecule has 0 aliphatic rings. The second-order valence-corrected chi connectivity index (χ2v) is 3.89. The summed E-state index contributed by atoms with van der Waals surface area (Å²) < 4.78 is 49.5. The third-order valence-corrected chi connectivity index (χ3v) is 2.78. The first-order valence-electron chi connectivity index (χ1n) is 5.38. The van der Waals surface area contributed by atoms with Gasteiger partial charge in [0, 0.05) is 5.56 Å². The molecule has 0 spiro atoms. The lowest BCUT2D eigenvalue weighted by Crippen LogP contribution is -2.43. The van der Waals surface area contributed by atoms with E-state index in [2.05, 4.69) is 0 Å². The molecule has 1 atom stereocenters. The first kappa shape index (κ1) is 13.5. The molecular formula is C13H11F3O3. The van der Waals surface area contributed by atoms with Gasteiger partial charge in [-0.25, -0.2) is 0 Å². The third-order valence-electron chi connectivity index (χ3n) is 2.78. The average molecular weight is 272 g/mol. The zero-order valence-electron chi connectivity index (χ0n) is 9.94. The van der Waals surface area contributed by atoms with Crippen LogP contribution in [0.5, 0.6) is 5.75 Å². The minimum Gasteiger partial charge on any atom is -0.496 e. The predicted molar refractivity (Wildman–Crippen MR) is 60.8 cm³/mol. The van der Waals surface area contributed by atoms with Crippen LogP contribution in [0.25, 0.3) is 0 Å². The second kappa shape index (κ2) is 4.62. The topological polar surface area (TPSA) is 42.6 Å². The Labute approximate surface area is 107 Å². The van der Waals surface area contributed by atoms with Crippen LogP contribution in [-0.4, -0.2) is 18.4 Å². The van der Waals surface area contributed by atoms with Crippen molar-refractivity contribution in [2.45, 2.75) is 11.8 Å². The molecule has 102 valence electrons. The van der Waals surface area contributed by atoms with Crippen molar-refractivity contribution in [2.24, 2.45) is 0 Å². The lowest BCUT2D eigenvalue weighted by atomic mass is 9.89. The molecule has 1 aromatic carbocycles. The maximum absolute atomic E-state index is 13.3. The third kappa shape index (κ3) is 2.08. The molecule has 0 saturated heterocycles. The monoisotopic (exact) mass is 272 g/mol. The summed E-state index contributed by atoms with van der Waals surface area (Å²) >= 11 is 0. The van der Waals surface area contributed by atoms with Crippen LogP contribution < -0.4 is 4.74 Å². The predicted octanol–water partition coefficient (Wildman–Crippen LogP) is 3.09. The Bertz CT molecular complexity index is 549. The van der Waals surface area contributed by atoms with Crippen molar-refractivity contribution in [1.29, 1.82) is 0 Å². The SMILES string of the molecule is COc1ccccc1C(O)(c1ccco1)C(F)(F)F. The molecule has 3 nitrogen and oxygen atoms in total. The number of halogens is 3. The van der Waals surface area contributed by atoms with E-state index in [9.17, 15) is 18.3 Å². The molecule has 2 aromatic rings. The molecule has 19 heavy (non-hydrogen) atoms. The van der Waals surface area contributed by atoms with E-state index in [0.717, 1.165) is 18.4 Å². The summed E-state index contributed by atoms with van der Waals surface area (Å²) in [7, 11) is 1.23. The van der Waals surface area contributed by atoms with Crippen molar-refractivity contribution >= 4 is 0 Å². The number of alkyl halides is 3. The van der Waals surface area contributed by atoms with Gasteiger partial charge in [-0.15, -0.1) is 0 Å². The molecule has 1 N–H and O–H groups in total. The molecule has 0 amide bonds. The fourth-order valence-corrected chi connectivity index (χ4v) is 1.85. The van der Waals surface area contributed by atoms with Gasteiger partial charge in [-0.1, -0.05) is 18.2 Å². The highest BCUT2D eigenvalue weighted by Gasteiger charge is 2.59. The fourth-order valence-electron chi connectivity index (χ4n) is 1.85. The van der Waals surface area contributed by atoms with Gasteiger partial charge < -0.3 is 14.3 Å². The maximum Gasteiger partial charge on any atom is 0.429 e. The Balaban J connectivity index is 2.69. The van der Waals surface area contributed by atoms with Crippen molar-refractivity contribution in [3.63, 3.8) is 0 Å². The summed E-state index contributed by atoms with van der Waals surface area (Å²) in [6.45, 7) is 0. The highest BCUT2D eigenvalue weighted by Crippen LogP contribution is 2.47. The summed E-state index contributed by atoms with van der Waals surface area (Å²) in [6, 6.07) is 7.74. The summed E-state index contributed by atoms with van der Waals surface area (Å²) in [5, 5.41) is 10.2. The number of furan rings is 1. The number of ether oxygens (including phenoxy) is 1. The van der Waals surface area contributed by atoms with Crippen LogP contribution in [0.4, 0.5) is 13.2 Å². The lowest BCUT2D eigenvalue weighted by molar-refractivity contribution is -0.254. The van der Waals surface area contributed by atoms with Gasteiger partial charge in [0.05, 0.1) is 13.4 Å². The number of rotatable bonds is 3. The summed E-state index contributed by atoms with van der Waals surface area (Å²) in [6.07, 6.45) is -3.87. The second-order valence-electron chi connectivity index (χ2n) is 3.89. The van der Waals surface area contributed by atoms with Crippen molar-refractivity contribution in [2.75, 3.05) is 7.11 Å². The summed E-state index contributed by atoms with van der Waals surface area (Å²) in [5.41, 5.74) is -3.66. The van der Waals surface area contributed by atoms with Crippen LogP contribution in [0.2, 0.25) is 0 Å². The zero-order valence-corrected chi connectivity index (χ0v) is 9.94. The molecule has 2 rings (SSSR count). The number of hydrogen-bond acceptors (Lipinski definition) is 3. The minimum absolute atomic E-state index is 0.0706. The van der Waals surface area contributed by atoms with E-state index in [4.69, 9.17) is 9.15 Å². The van der Waals surface area contributed by atoms with Crippen LogP contribution in [-0.2, 0) is 5.60 Å². The van der Waals surface area contributed by atoms with Crippen LogP contribution in [0.15, 0.2) is 47.1 Å². The van der Waals surface area contributed by atoms with Gasteiger partial charge in [-0.05, 0) is 18.2 Å². The molecule has 0 aliphatic heterocycles. The van der Waals surface area contributed by atoms with E-state index in [1.54, 1.807) is 0 Å². The number of hydrogen-bond donors (Lipinski definition) is 1.